The smallest absolute Gasteiger partial charge is 0.248 e. The monoisotopic (exact) mass is 350 g/mol. The Bertz CT molecular complexity index is 777. The van der Waals surface area contributed by atoms with Crippen LogP contribution in [0.25, 0.3) is 6.08 Å². The Morgan fingerprint density at radius 3 is 2.43 bits per heavy atom. The van der Waals surface area contributed by atoms with Crippen LogP contribution in [0.3, 0.4) is 0 Å². The van der Waals surface area contributed by atoms with Crippen LogP contribution in [0.1, 0.15) is 18.7 Å². The van der Waals surface area contributed by atoms with Gasteiger partial charge < -0.3 is 5.32 Å². The fraction of sp³-hybridized carbons (Fsp3) is 0.188. The lowest BCUT2D eigenvalue weighted by Gasteiger charge is -2.10. The van der Waals surface area contributed by atoms with Crippen molar-refractivity contribution in [3.8, 4) is 0 Å². The van der Waals surface area contributed by atoms with E-state index in [1.54, 1.807) is 43.4 Å². The topological polar surface area (TPSA) is 75.3 Å². The molecule has 0 unspecified atom stereocenters. The van der Waals surface area contributed by atoms with Gasteiger partial charge in [0.15, 0.2) is 0 Å². The van der Waals surface area contributed by atoms with Gasteiger partial charge in [0.25, 0.3) is 0 Å². The van der Waals surface area contributed by atoms with E-state index >= 15 is 0 Å². The molecule has 0 fully saturated rings. The molecule has 5 nitrogen and oxygen atoms in total. The first-order valence-electron chi connectivity index (χ1n) is 7.02. The van der Waals surface area contributed by atoms with Crippen LogP contribution in [0.4, 0.5) is 5.69 Å². The van der Waals surface area contributed by atoms with E-state index in [-0.39, 0.29) is 16.8 Å². The van der Waals surface area contributed by atoms with E-state index in [2.05, 4.69) is 10.0 Å². The number of carbonyl (C=O) groups is 1. The zero-order chi connectivity index (χ0) is 16.9. The van der Waals surface area contributed by atoms with E-state index < -0.39 is 10.0 Å². The number of amides is 1. The Balaban J connectivity index is 2.01. The van der Waals surface area contributed by atoms with Crippen LogP contribution in [-0.4, -0.2) is 20.4 Å². The maximum atomic E-state index is 12.0. The standard InChI is InChI=1S/C16H18N2O3S2/c1-12(2)18-23(20,21)15-8-5-13(6-9-15)17-16(19)10-7-14-4-3-11-22-14/h3-12,18H,1-2H3,(H,17,19)/b10-7+. The highest BCUT2D eigenvalue weighted by molar-refractivity contribution is 7.89. The first-order chi connectivity index (χ1) is 10.9. The van der Waals surface area contributed by atoms with Gasteiger partial charge in [0.2, 0.25) is 15.9 Å². The highest BCUT2D eigenvalue weighted by atomic mass is 32.2. The van der Waals surface area contributed by atoms with Gasteiger partial charge in [-0.1, -0.05) is 6.07 Å². The summed E-state index contributed by atoms with van der Waals surface area (Å²) in [6.07, 6.45) is 3.17. The molecule has 0 spiro atoms. The van der Waals surface area contributed by atoms with Gasteiger partial charge in [-0.05, 0) is 55.6 Å². The molecule has 0 bridgehead atoms. The molecule has 2 aromatic rings. The van der Waals surface area contributed by atoms with Crippen molar-refractivity contribution in [2.45, 2.75) is 24.8 Å². The zero-order valence-electron chi connectivity index (χ0n) is 12.8. The molecule has 1 aromatic heterocycles. The number of benzene rings is 1. The maximum Gasteiger partial charge on any atom is 0.248 e. The van der Waals surface area contributed by atoms with Crippen molar-refractivity contribution in [2.75, 3.05) is 5.32 Å². The second-order valence-electron chi connectivity index (χ2n) is 5.14. The fourth-order valence-electron chi connectivity index (χ4n) is 1.82. The summed E-state index contributed by atoms with van der Waals surface area (Å²) in [7, 11) is -3.52. The van der Waals surface area contributed by atoms with Crippen molar-refractivity contribution < 1.29 is 13.2 Å². The molecule has 1 aromatic carbocycles. The lowest BCUT2D eigenvalue weighted by Crippen LogP contribution is -2.30. The lowest BCUT2D eigenvalue weighted by atomic mass is 10.3. The van der Waals surface area contributed by atoms with Crippen LogP contribution in [0.2, 0.25) is 0 Å². The van der Waals surface area contributed by atoms with Crippen LogP contribution in [0, 0.1) is 0 Å². The quantitative estimate of drug-likeness (QED) is 0.786. The molecule has 1 amide bonds. The molecular formula is C16H18N2O3S2. The summed E-state index contributed by atoms with van der Waals surface area (Å²) in [5.41, 5.74) is 0.536. The van der Waals surface area contributed by atoms with Crippen molar-refractivity contribution in [1.29, 1.82) is 0 Å². The first kappa shape index (κ1) is 17.4. The third kappa shape index (κ3) is 5.31. The van der Waals surface area contributed by atoms with E-state index in [1.807, 2.05) is 17.5 Å². The minimum Gasteiger partial charge on any atom is -0.323 e. The zero-order valence-corrected chi connectivity index (χ0v) is 14.4. The molecule has 122 valence electrons. The van der Waals surface area contributed by atoms with E-state index in [9.17, 15) is 13.2 Å². The molecule has 23 heavy (non-hydrogen) atoms. The summed E-state index contributed by atoms with van der Waals surface area (Å²) in [6.45, 7) is 3.51. The van der Waals surface area contributed by atoms with Gasteiger partial charge in [0.1, 0.15) is 0 Å². The highest BCUT2D eigenvalue weighted by Gasteiger charge is 2.14. The van der Waals surface area contributed by atoms with Crippen LogP contribution >= 0.6 is 11.3 Å². The Kier molecular flexibility index (Phi) is 5.70. The molecule has 0 aliphatic rings. The SMILES string of the molecule is CC(C)NS(=O)(=O)c1ccc(NC(=O)/C=C/c2cccs2)cc1. The average molecular weight is 350 g/mol. The third-order valence-electron chi connectivity index (χ3n) is 2.77. The number of anilines is 1. The van der Waals surface area contributed by atoms with Crippen LogP contribution in [0.5, 0.6) is 0 Å². The van der Waals surface area contributed by atoms with Crippen molar-refractivity contribution in [3.05, 3.63) is 52.7 Å². The van der Waals surface area contributed by atoms with Crippen molar-refractivity contribution in [2.24, 2.45) is 0 Å². The molecule has 0 radical (unpaired) electrons. The number of hydrogen-bond acceptors (Lipinski definition) is 4. The Labute approximate surface area is 140 Å². The van der Waals surface area contributed by atoms with Gasteiger partial charge in [-0.25, -0.2) is 13.1 Å². The molecule has 0 atom stereocenters. The predicted molar refractivity (Wildman–Crippen MR) is 93.9 cm³/mol. The molecule has 7 heteroatoms. The second-order valence-corrected chi connectivity index (χ2v) is 7.83. The molecule has 2 N–H and O–H groups in total. The molecule has 0 aliphatic heterocycles. The molecule has 2 rings (SSSR count). The maximum absolute atomic E-state index is 12.0. The summed E-state index contributed by atoms with van der Waals surface area (Å²) in [5.74, 6) is -0.269. The number of nitrogens with one attached hydrogen (secondary N) is 2. The van der Waals surface area contributed by atoms with Gasteiger partial charge in [0.05, 0.1) is 4.90 Å². The van der Waals surface area contributed by atoms with E-state index in [0.717, 1.165) is 4.88 Å². The fourth-order valence-corrected chi connectivity index (χ4v) is 3.69. The molecule has 0 saturated carbocycles. The van der Waals surface area contributed by atoms with Gasteiger partial charge in [0, 0.05) is 22.7 Å². The molecule has 0 aliphatic carbocycles. The average Bonchev–Trinajstić information content (AvgIpc) is 2.97. The third-order valence-corrected chi connectivity index (χ3v) is 5.28. The minimum absolute atomic E-state index is 0.165. The molecular weight excluding hydrogens is 332 g/mol. The Hall–Kier alpha value is -1.96. The number of hydrogen-bond donors (Lipinski definition) is 2. The number of thiophene rings is 1. The Morgan fingerprint density at radius 2 is 1.87 bits per heavy atom. The van der Waals surface area contributed by atoms with Gasteiger partial charge in [-0.2, -0.15) is 0 Å². The van der Waals surface area contributed by atoms with Crippen LogP contribution < -0.4 is 10.0 Å². The van der Waals surface area contributed by atoms with Gasteiger partial charge in [-0.3, -0.25) is 4.79 Å². The second kappa shape index (κ2) is 7.54. The minimum atomic E-state index is -3.52. The normalized spacial score (nSPS) is 12.0. The number of sulfonamides is 1. The van der Waals surface area contributed by atoms with Crippen LogP contribution in [-0.2, 0) is 14.8 Å². The summed E-state index contributed by atoms with van der Waals surface area (Å²) < 4.78 is 26.5. The summed E-state index contributed by atoms with van der Waals surface area (Å²) >= 11 is 1.54. The van der Waals surface area contributed by atoms with Crippen molar-refractivity contribution in [1.82, 2.24) is 4.72 Å². The molecule has 1 heterocycles. The summed E-state index contributed by atoms with van der Waals surface area (Å²) in [4.78, 5) is 13.0. The highest BCUT2D eigenvalue weighted by Crippen LogP contribution is 2.15. The van der Waals surface area contributed by atoms with Crippen molar-refractivity contribution >= 4 is 39.0 Å². The Morgan fingerprint density at radius 1 is 1.17 bits per heavy atom. The predicted octanol–water partition coefficient (Wildman–Crippen LogP) is 3.09. The molecule has 0 saturated heterocycles. The van der Waals surface area contributed by atoms with Gasteiger partial charge >= 0.3 is 0 Å². The first-order valence-corrected chi connectivity index (χ1v) is 9.38. The van der Waals surface area contributed by atoms with E-state index in [4.69, 9.17) is 0 Å². The summed E-state index contributed by atoms with van der Waals surface area (Å²) in [6, 6.07) is 9.69. The number of rotatable bonds is 6. The lowest BCUT2D eigenvalue weighted by molar-refractivity contribution is -0.111. The van der Waals surface area contributed by atoms with E-state index in [1.165, 1.54) is 18.2 Å². The largest absolute Gasteiger partial charge is 0.323 e. The number of carbonyl (C=O) groups excluding carboxylic acids is 1. The van der Waals surface area contributed by atoms with Crippen molar-refractivity contribution in [3.63, 3.8) is 0 Å². The summed E-state index contributed by atoms with van der Waals surface area (Å²) in [5, 5.41) is 4.62. The van der Waals surface area contributed by atoms with Crippen LogP contribution in [0.15, 0.2) is 52.7 Å². The van der Waals surface area contributed by atoms with Gasteiger partial charge in [-0.15, -0.1) is 11.3 Å². The van der Waals surface area contributed by atoms with E-state index in [0.29, 0.717) is 5.69 Å².